The van der Waals surface area contributed by atoms with E-state index in [9.17, 15) is 18.0 Å². The number of carbonyl (C=O) groups is 1. The van der Waals surface area contributed by atoms with Gasteiger partial charge in [0.05, 0.1) is 17.9 Å². The Labute approximate surface area is 119 Å². The fourth-order valence-corrected chi connectivity index (χ4v) is 2.08. The summed E-state index contributed by atoms with van der Waals surface area (Å²) in [6.45, 7) is 0.745. The second-order valence-electron chi connectivity index (χ2n) is 4.91. The van der Waals surface area contributed by atoms with Crippen molar-refractivity contribution in [1.82, 2.24) is 9.88 Å². The second kappa shape index (κ2) is 6.40. The van der Waals surface area contributed by atoms with Crippen LogP contribution in [0.5, 0.6) is 0 Å². The molecule has 0 unspecified atom stereocenters. The van der Waals surface area contributed by atoms with Crippen LogP contribution in [0.25, 0.3) is 0 Å². The minimum Gasteiger partial charge on any atom is -0.365 e. The maximum Gasteiger partial charge on any atom is 0.416 e. The van der Waals surface area contributed by atoms with Gasteiger partial charge in [-0.1, -0.05) is 0 Å². The summed E-state index contributed by atoms with van der Waals surface area (Å²) < 4.78 is 42.7. The fraction of sp³-hybridized carbons (Fsp3) is 0.538. The molecule has 5 nitrogen and oxygen atoms in total. The van der Waals surface area contributed by atoms with Gasteiger partial charge in [0.1, 0.15) is 6.61 Å². The summed E-state index contributed by atoms with van der Waals surface area (Å²) >= 11 is 0. The molecule has 1 amide bonds. The first-order valence-corrected chi connectivity index (χ1v) is 6.49. The molecule has 0 aromatic carbocycles. The van der Waals surface area contributed by atoms with E-state index < -0.39 is 11.7 Å². The lowest BCUT2D eigenvalue weighted by Gasteiger charge is -2.15. The standard InChI is InChI=1S/C13H16F3N3O2/c14-13(15,16)9-1-3-18-11(5-9)7-21-8-12(20)19-4-2-10(17)6-19/h1,3,5,10H,2,4,6-8,17H2/t10-/m0/s1. The van der Waals surface area contributed by atoms with Gasteiger partial charge < -0.3 is 15.4 Å². The number of rotatable bonds is 4. The summed E-state index contributed by atoms with van der Waals surface area (Å²) in [4.78, 5) is 17.1. The average Bonchev–Trinajstić information content (AvgIpc) is 2.85. The van der Waals surface area contributed by atoms with Gasteiger partial charge in [0, 0.05) is 25.3 Å². The number of amides is 1. The van der Waals surface area contributed by atoms with E-state index in [0.717, 1.165) is 24.8 Å². The van der Waals surface area contributed by atoms with Crippen molar-refractivity contribution in [1.29, 1.82) is 0 Å². The zero-order chi connectivity index (χ0) is 15.5. The van der Waals surface area contributed by atoms with Gasteiger partial charge >= 0.3 is 6.18 Å². The zero-order valence-corrected chi connectivity index (χ0v) is 11.3. The molecule has 1 aliphatic rings. The minimum absolute atomic E-state index is 0.0147. The van der Waals surface area contributed by atoms with Crippen molar-refractivity contribution >= 4 is 5.91 Å². The van der Waals surface area contributed by atoms with Crippen LogP contribution in [0, 0.1) is 0 Å². The van der Waals surface area contributed by atoms with Gasteiger partial charge in [0.2, 0.25) is 5.91 Å². The highest BCUT2D eigenvalue weighted by molar-refractivity contribution is 5.77. The predicted molar refractivity (Wildman–Crippen MR) is 68.1 cm³/mol. The van der Waals surface area contributed by atoms with Gasteiger partial charge in [0.25, 0.3) is 0 Å². The summed E-state index contributed by atoms with van der Waals surface area (Å²) in [5.41, 5.74) is 5.04. The number of nitrogens with two attached hydrogens (primary N) is 1. The second-order valence-corrected chi connectivity index (χ2v) is 4.91. The van der Waals surface area contributed by atoms with E-state index in [1.54, 1.807) is 4.90 Å². The maximum absolute atomic E-state index is 12.5. The van der Waals surface area contributed by atoms with E-state index in [4.69, 9.17) is 10.5 Å². The molecule has 1 aliphatic heterocycles. The van der Waals surface area contributed by atoms with Crippen molar-refractivity contribution in [2.75, 3.05) is 19.7 Å². The Morgan fingerprint density at radius 1 is 1.52 bits per heavy atom. The van der Waals surface area contributed by atoms with Crippen LogP contribution in [0.3, 0.4) is 0 Å². The molecule has 1 saturated heterocycles. The molecule has 1 aromatic heterocycles. The summed E-state index contributed by atoms with van der Waals surface area (Å²) in [6.07, 6.45) is -2.59. The lowest BCUT2D eigenvalue weighted by Crippen LogP contribution is -2.34. The number of alkyl halides is 3. The van der Waals surface area contributed by atoms with Gasteiger partial charge in [-0.05, 0) is 18.6 Å². The Morgan fingerprint density at radius 2 is 2.29 bits per heavy atom. The number of likely N-dealkylation sites (tertiary alicyclic amines) is 1. The summed E-state index contributed by atoms with van der Waals surface area (Å²) in [5.74, 6) is -0.213. The first-order chi connectivity index (χ1) is 9.86. The van der Waals surface area contributed by atoms with Crippen LogP contribution in [-0.4, -0.2) is 41.5 Å². The number of halogens is 3. The molecule has 1 aromatic rings. The Bertz CT molecular complexity index is 508. The number of hydrogen-bond acceptors (Lipinski definition) is 4. The fourth-order valence-electron chi connectivity index (χ4n) is 2.08. The molecule has 116 valence electrons. The van der Waals surface area contributed by atoms with Crippen LogP contribution in [0.4, 0.5) is 13.2 Å². The van der Waals surface area contributed by atoms with Crippen molar-refractivity contribution in [3.8, 4) is 0 Å². The first-order valence-electron chi connectivity index (χ1n) is 6.49. The topological polar surface area (TPSA) is 68.5 Å². The van der Waals surface area contributed by atoms with Crippen molar-refractivity contribution in [3.63, 3.8) is 0 Å². The van der Waals surface area contributed by atoms with E-state index >= 15 is 0 Å². The van der Waals surface area contributed by atoms with Gasteiger partial charge in [-0.15, -0.1) is 0 Å². The SMILES string of the molecule is N[C@H]1CCN(C(=O)COCc2cc(C(F)(F)F)ccn2)C1. The van der Waals surface area contributed by atoms with Crippen molar-refractivity contribution in [3.05, 3.63) is 29.6 Å². The third-order valence-electron chi connectivity index (χ3n) is 3.20. The summed E-state index contributed by atoms with van der Waals surface area (Å²) in [7, 11) is 0. The molecule has 1 atom stereocenters. The molecule has 1 fully saturated rings. The number of aromatic nitrogens is 1. The first kappa shape index (κ1) is 15.7. The molecule has 2 rings (SSSR count). The van der Waals surface area contributed by atoms with Crippen LogP contribution >= 0.6 is 0 Å². The molecule has 2 heterocycles. The monoisotopic (exact) mass is 303 g/mol. The van der Waals surface area contributed by atoms with Crippen molar-refractivity contribution in [2.45, 2.75) is 25.2 Å². The highest BCUT2D eigenvalue weighted by Crippen LogP contribution is 2.29. The number of hydrogen-bond donors (Lipinski definition) is 1. The Morgan fingerprint density at radius 3 is 2.90 bits per heavy atom. The van der Waals surface area contributed by atoms with E-state index in [1.165, 1.54) is 0 Å². The third-order valence-corrected chi connectivity index (χ3v) is 3.20. The molecule has 21 heavy (non-hydrogen) atoms. The van der Waals surface area contributed by atoms with Gasteiger partial charge in [-0.2, -0.15) is 13.2 Å². The molecular weight excluding hydrogens is 287 g/mol. The largest absolute Gasteiger partial charge is 0.416 e. The molecule has 2 N–H and O–H groups in total. The summed E-state index contributed by atoms with van der Waals surface area (Å²) in [5, 5.41) is 0. The lowest BCUT2D eigenvalue weighted by molar-refractivity contribution is -0.138. The van der Waals surface area contributed by atoms with Crippen LogP contribution in [0.2, 0.25) is 0 Å². The van der Waals surface area contributed by atoms with Crippen LogP contribution in [0.15, 0.2) is 18.3 Å². The van der Waals surface area contributed by atoms with E-state index in [1.807, 2.05) is 0 Å². The molecule has 0 aliphatic carbocycles. The molecule has 0 bridgehead atoms. The van der Waals surface area contributed by atoms with Crippen LogP contribution in [-0.2, 0) is 22.3 Å². The maximum atomic E-state index is 12.5. The highest BCUT2D eigenvalue weighted by atomic mass is 19.4. The molecule has 0 spiro atoms. The smallest absolute Gasteiger partial charge is 0.365 e. The van der Waals surface area contributed by atoms with E-state index in [-0.39, 0.29) is 30.9 Å². The number of carbonyl (C=O) groups excluding carboxylic acids is 1. The predicted octanol–water partition coefficient (Wildman–Crippen LogP) is 1.18. The van der Waals surface area contributed by atoms with Gasteiger partial charge in [-0.3, -0.25) is 9.78 Å². The highest BCUT2D eigenvalue weighted by Gasteiger charge is 2.30. The van der Waals surface area contributed by atoms with Gasteiger partial charge in [-0.25, -0.2) is 0 Å². The summed E-state index contributed by atoms with van der Waals surface area (Å²) in [6, 6.07) is 1.79. The minimum atomic E-state index is -4.42. The van der Waals surface area contributed by atoms with Crippen molar-refractivity contribution < 1.29 is 22.7 Å². The number of nitrogens with zero attached hydrogens (tertiary/aromatic N) is 2. The van der Waals surface area contributed by atoms with E-state index in [2.05, 4.69) is 4.98 Å². The van der Waals surface area contributed by atoms with Crippen molar-refractivity contribution in [2.24, 2.45) is 5.73 Å². The Hall–Kier alpha value is -1.67. The Kier molecular flexibility index (Phi) is 4.79. The average molecular weight is 303 g/mol. The number of ether oxygens (including phenoxy) is 1. The number of pyridine rings is 1. The molecule has 0 radical (unpaired) electrons. The molecule has 0 saturated carbocycles. The zero-order valence-electron chi connectivity index (χ0n) is 11.3. The van der Waals surface area contributed by atoms with Crippen LogP contribution in [0.1, 0.15) is 17.7 Å². The van der Waals surface area contributed by atoms with Gasteiger partial charge in [0.15, 0.2) is 0 Å². The third kappa shape index (κ3) is 4.40. The van der Waals surface area contributed by atoms with Crippen LogP contribution < -0.4 is 5.73 Å². The quantitative estimate of drug-likeness (QED) is 0.907. The lowest BCUT2D eigenvalue weighted by atomic mass is 10.2. The normalized spacial score (nSPS) is 19.0. The van der Waals surface area contributed by atoms with E-state index in [0.29, 0.717) is 13.1 Å². The molecular formula is C13H16F3N3O2. The Balaban J connectivity index is 1.82. The molecule has 8 heteroatoms.